The van der Waals surface area contributed by atoms with Crippen LogP contribution in [0.4, 0.5) is 0 Å². The Morgan fingerprint density at radius 2 is 1.65 bits per heavy atom. The molecule has 7 heteroatoms. The summed E-state index contributed by atoms with van der Waals surface area (Å²) in [6.07, 6.45) is -1.54. The third-order valence-corrected chi connectivity index (χ3v) is 3.96. The Balaban J connectivity index is 3.50. The first-order valence-electron chi connectivity index (χ1n) is 6.41. The number of aliphatic hydroxyl groups is 2. The fraction of sp³-hybridized carbons (Fsp3) is 0.769. The number of carboxylic acids is 1. The molecule has 0 aliphatic heterocycles. The molecule has 0 unspecified atom stereocenters. The van der Waals surface area contributed by atoms with Crippen LogP contribution in [0.3, 0.4) is 0 Å². The second-order valence-electron chi connectivity index (χ2n) is 6.39. The first-order valence-corrected chi connectivity index (χ1v) is 6.41. The maximum absolute atomic E-state index is 12.2. The highest BCUT2D eigenvalue weighted by Crippen LogP contribution is 2.43. The highest BCUT2D eigenvalue weighted by molar-refractivity contribution is 6.24. The lowest BCUT2D eigenvalue weighted by Crippen LogP contribution is -2.72. The van der Waals surface area contributed by atoms with Gasteiger partial charge in [0.15, 0.2) is 17.2 Å². The molecule has 0 aromatic carbocycles. The van der Waals surface area contributed by atoms with Crippen LogP contribution >= 0.6 is 0 Å². The number of likely N-dealkylation sites (N-methyl/N-ethyl adjacent to an activating group) is 1. The van der Waals surface area contributed by atoms with Crippen LogP contribution in [0.5, 0.6) is 0 Å². The van der Waals surface area contributed by atoms with Gasteiger partial charge in [0.1, 0.15) is 0 Å². The summed E-state index contributed by atoms with van der Waals surface area (Å²) >= 11 is 0. The molecule has 0 bridgehead atoms. The monoisotopic (exact) mass is 288 g/mol. The zero-order valence-electron chi connectivity index (χ0n) is 12.2. The van der Waals surface area contributed by atoms with Crippen LogP contribution in [-0.2, 0) is 14.4 Å². The van der Waals surface area contributed by atoms with Crippen LogP contribution in [0, 0.1) is 5.41 Å². The Hall–Kier alpha value is -1.31. The molecule has 2 atom stereocenters. The molecular formula is C13H22NO6+. The zero-order chi connectivity index (χ0) is 15.9. The molecule has 1 saturated carbocycles. The molecule has 0 aromatic rings. The SMILES string of the molecule is C[C@@](O)([C@H](O)[N+](C)(C)C)C1(C(=O)O)C(=O)CCCC1=O. The molecule has 0 heterocycles. The van der Waals surface area contributed by atoms with Gasteiger partial charge in [0.05, 0.1) is 21.1 Å². The largest absolute Gasteiger partial charge is 0.480 e. The van der Waals surface area contributed by atoms with Crippen LogP contribution < -0.4 is 0 Å². The van der Waals surface area contributed by atoms with Crippen LogP contribution in [0.15, 0.2) is 0 Å². The van der Waals surface area contributed by atoms with Crippen molar-refractivity contribution in [1.29, 1.82) is 0 Å². The van der Waals surface area contributed by atoms with Gasteiger partial charge in [-0.3, -0.25) is 14.4 Å². The van der Waals surface area contributed by atoms with Crippen molar-refractivity contribution in [3.8, 4) is 0 Å². The fourth-order valence-corrected chi connectivity index (χ4v) is 2.91. The van der Waals surface area contributed by atoms with Crippen molar-refractivity contribution in [3.05, 3.63) is 0 Å². The van der Waals surface area contributed by atoms with E-state index < -0.39 is 34.8 Å². The van der Waals surface area contributed by atoms with E-state index in [1.807, 2.05) is 0 Å². The van der Waals surface area contributed by atoms with Crippen LogP contribution in [0.2, 0.25) is 0 Å². The number of ketones is 2. The molecule has 20 heavy (non-hydrogen) atoms. The average Bonchev–Trinajstić information content (AvgIpc) is 2.26. The fourth-order valence-electron chi connectivity index (χ4n) is 2.91. The number of aliphatic carboxylic acids is 1. The van der Waals surface area contributed by atoms with Gasteiger partial charge in [-0.05, 0) is 13.3 Å². The Kier molecular flexibility index (Phi) is 4.11. The summed E-state index contributed by atoms with van der Waals surface area (Å²) < 4.78 is -0.206. The number of rotatable bonds is 4. The molecule has 0 radical (unpaired) electrons. The molecule has 1 aliphatic carbocycles. The highest BCUT2D eigenvalue weighted by Gasteiger charge is 2.69. The summed E-state index contributed by atoms with van der Waals surface area (Å²) in [4.78, 5) is 36.0. The predicted molar refractivity (Wildman–Crippen MR) is 68.6 cm³/mol. The van der Waals surface area contributed by atoms with Crippen molar-refractivity contribution in [2.24, 2.45) is 5.41 Å². The summed E-state index contributed by atoms with van der Waals surface area (Å²) in [7, 11) is 4.60. The second-order valence-corrected chi connectivity index (χ2v) is 6.39. The van der Waals surface area contributed by atoms with Gasteiger partial charge in [-0.25, -0.2) is 0 Å². The molecular weight excluding hydrogens is 266 g/mol. The van der Waals surface area contributed by atoms with E-state index in [4.69, 9.17) is 0 Å². The van der Waals surface area contributed by atoms with E-state index in [2.05, 4.69) is 0 Å². The van der Waals surface area contributed by atoms with Crippen LogP contribution in [-0.4, -0.2) is 70.3 Å². The minimum Gasteiger partial charge on any atom is -0.480 e. The molecule has 1 aliphatic rings. The van der Waals surface area contributed by atoms with E-state index in [0.717, 1.165) is 6.92 Å². The molecule has 7 nitrogen and oxygen atoms in total. The van der Waals surface area contributed by atoms with E-state index in [0.29, 0.717) is 0 Å². The van der Waals surface area contributed by atoms with Crippen molar-refractivity contribution < 1.29 is 34.2 Å². The number of hydrogen-bond acceptors (Lipinski definition) is 5. The van der Waals surface area contributed by atoms with Gasteiger partial charge in [-0.15, -0.1) is 0 Å². The maximum atomic E-state index is 12.2. The van der Waals surface area contributed by atoms with Gasteiger partial charge in [0.2, 0.25) is 11.6 Å². The highest BCUT2D eigenvalue weighted by atomic mass is 16.4. The molecule has 0 amide bonds. The summed E-state index contributed by atoms with van der Waals surface area (Å²) in [5, 5.41) is 30.3. The van der Waals surface area contributed by atoms with E-state index in [9.17, 15) is 29.7 Å². The third-order valence-electron chi connectivity index (χ3n) is 3.96. The Labute approximate surface area is 117 Å². The van der Waals surface area contributed by atoms with Gasteiger partial charge in [0.25, 0.3) is 0 Å². The normalized spacial score (nSPS) is 24.1. The van der Waals surface area contributed by atoms with Crippen molar-refractivity contribution in [2.75, 3.05) is 21.1 Å². The summed E-state index contributed by atoms with van der Waals surface area (Å²) in [5.74, 6) is -3.40. The lowest BCUT2D eigenvalue weighted by atomic mass is 9.61. The number of aliphatic hydroxyl groups excluding tert-OH is 1. The number of carbonyl (C=O) groups is 3. The summed E-state index contributed by atoms with van der Waals surface area (Å²) in [5.41, 5.74) is -5.00. The Morgan fingerprint density at radius 3 is 1.95 bits per heavy atom. The van der Waals surface area contributed by atoms with Gasteiger partial charge in [-0.2, -0.15) is 0 Å². The topological polar surface area (TPSA) is 112 Å². The number of carboxylic acid groups (broad SMARTS) is 1. The molecule has 1 rings (SSSR count). The van der Waals surface area contributed by atoms with Gasteiger partial charge < -0.3 is 19.8 Å². The molecule has 1 fully saturated rings. The van der Waals surface area contributed by atoms with Gasteiger partial charge in [-0.1, -0.05) is 0 Å². The molecule has 3 N–H and O–H groups in total. The summed E-state index contributed by atoms with van der Waals surface area (Å²) in [6, 6.07) is 0. The van der Waals surface area contributed by atoms with E-state index in [-0.39, 0.29) is 23.7 Å². The average molecular weight is 288 g/mol. The maximum Gasteiger partial charge on any atom is 0.328 e. The molecule has 0 saturated heterocycles. The van der Waals surface area contributed by atoms with E-state index in [1.165, 1.54) is 21.1 Å². The first-order chi connectivity index (χ1) is 8.90. The number of quaternary nitrogens is 1. The Bertz CT molecular complexity index is 432. The van der Waals surface area contributed by atoms with Crippen LogP contribution in [0.1, 0.15) is 26.2 Å². The number of carbonyl (C=O) groups excluding carboxylic acids is 2. The van der Waals surface area contributed by atoms with Gasteiger partial charge >= 0.3 is 5.97 Å². The smallest absolute Gasteiger partial charge is 0.328 e. The van der Waals surface area contributed by atoms with Crippen molar-refractivity contribution in [2.45, 2.75) is 38.0 Å². The zero-order valence-corrected chi connectivity index (χ0v) is 12.2. The number of Topliss-reactive ketones (excluding diaryl/α,β-unsaturated/α-hetero) is 2. The number of nitrogens with zero attached hydrogens (tertiary/aromatic N) is 1. The number of hydrogen-bond donors (Lipinski definition) is 3. The third kappa shape index (κ3) is 2.15. The lowest BCUT2D eigenvalue weighted by Gasteiger charge is -2.47. The van der Waals surface area contributed by atoms with Crippen molar-refractivity contribution in [3.63, 3.8) is 0 Å². The standard InChI is InChI=1S/C13H21NO6/c1-12(20,10(17)14(2,3)4)13(11(18)19)8(15)6-5-7-9(13)16/h10,17,20H,5-7H2,1-4H3/p+1/t10-,12+/m0/s1. The summed E-state index contributed by atoms with van der Waals surface area (Å²) in [6.45, 7) is 1.04. The predicted octanol–water partition coefficient (Wildman–Crippen LogP) is -0.845. The molecule has 0 spiro atoms. The molecule has 114 valence electrons. The molecule has 0 aromatic heterocycles. The second kappa shape index (κ2) is 4.91. The minimum atomic E-state index is -2.60. The van der Waals surface area contributed by atoms with E-state index >= 15 is 0 Å². The van der Waals surface area contributed by atoms with Crippen molar-refractivity contribution in [1.82, 2.24) is 0 Å². The van der Waals surface area contributed by atoms with E-state index in [1.54, 1.807) is 0 Å². The van der Waals surface area contributed by atoms with Crippen molar-refractivity contribution >= 4 is 17.5 Å². The van der Waals surface area contributed by atoms with Gasteiger partial charge in [0, 0.05) is 12.8 Å². The lowest BCUT2D eigenvalue weighted by molar-refractivity contribution is -0.927. The minimum absolute atomic E-state index is 0.0992. The first kappa shape index (κ1) is 16.7. The Morgan fingerprint density at radius 1 is 1.25 bits per heavy atom. The quantitative estimate of drug-likeness (QED) is 0.353. The van der Waals surface area contributed by atoms with Crippen LogP contribution in [0.25, 0.3) is 0 Å².